The molecule has 0 aromatic carbocycles. The quantitative estimate of drug-likeness (QED) is 0.0323. The van der Waals surface area contributed by atoms with Crippen LogP contribution in [0.5, 0.6) is 0 Å². The van der Waals surface area contributed by atoms with Gasteiger partial charge in [-0.2, -0.15) is 0 Å². The van der Waals surface area contributed by atoms with Gasteiger partial charge in [-0.1, -0.05) is 121 Å². The fraction of sp³-hybridized carbons (Fsp3) is 0.694. The highest BCUT2D eigenvalue weighted by atomic mass is 16.6. The molecule has 0 heterocycles. The molecule has 0 saturated heterocycles. The average Bonchev–Trinajstić information content (AvgIpc) is 2.98. The fourth-order valence-electron chi connectivity index (χ4n) is 4.18. The Bertz CT molecular complexity index is 795. The first-order valence-electron chi connectivity index (χ1n) is 16.5. The topological polar surface area (TPSA) is 89.9 Å². The number of allylic oxidation sites excluding steroid dienone is 8. The summed E-state index contributed by atoms with van der Waals surface area (Å²) in [6.45, 7) is 6.19. The van der Waals surface area contributed by atoms with Crippen LogP contribution in [-0.4, -0.2) is 42.1 Å². The van der Waals surface area contributed by atoms with Crippen molar-refractivity contribution < 1.29 is 29.0 Å². The molecule has 42 heavy (non-hydrogen) atoms. The minimum absolute atomic E-state index is 0.106. The Kier molecular flexibility index (Phi) is 28.2. The zero-order valence-corrected chi connectivity index (χ0v) is 26.9. The van der Waals surface area contributed by atoms with Gasteiger partial charge in [-0.3, -0.25) is 14.4 Å². The van der Waals surface area contributed by atoms with Crippen molar-refractivity contribution in [1.82, 2.24) is 0 Å². The normalized spacial score (nSPS) is 13.4. The molecule has 0 saturated carbocycles. The molecule has 0 amide bonds. The second-order valence-electron chi connectivity index (χ2n) is 11.2. The van der Waals surface area contributed by atoms with Crippen molar-refractivity contribution in [2.75, 3.05) is 13.2 Å². The number of carbonyl (C=O) groups excluding carboxylic acids is 3. The van der Waals surface area contributed by atoms with Crippen molar-refractivity contribution in [1.29, 1.82) is 0 Å². The number of aliphatic hydroxyl groups is 1. The SMILES string of the molecule is CCCCCC(=O)/C=C/C=C\C/C=C\C/C=C\CCCC(=O)O[C@@H](CO)COC(=O)CCCCCCCCC(C)CC. The molecule has 0 aliphatic heterocycles. The summed E-state index contributed by atoms with van der Waals surface area (Å²) in [4.78, 5) is 35.7. The van der Waals surface area contributed by atoms with E-state index in [9.17, 15) is 19.5 Å². The second kappa shape index (κ2) is 30.0. The van der Waals surface area contributed by atoms with Crippen LogP contribution in [0.1, 0.15) is 136 Å². The molecule has 0 aliphatic rings. The number of ketones is 1. The van der Waals surface area contributed by atoms with E-state index in [0.29, 0.717) is 19.3 Å². The van der Waals surface area contributed by atoms with E-state index in [2.05, 4.69) is 39.0 Å². The first-order valence-corrected chi connectivity index (χ1v) is 16.5. The third kappa shape index (κ3) is 27.7. The van der Waals surface area contributed by atoms with Crippen molar-refractivity contribution >= 4 is 17.7 Å². The van der Waals surface area contributed by atoms with Gasteiger partial charge in [-0.05, 0) is 50.5 Å². The van der Waals surface area contributed by atoms with Crippen molar-refractivity contribution in [2.24, 2.45) is 5.92 Å². The van der Waals surface area contributed by atoms with E-state index in [4.69, 9.17) is 9.47 Å². The predicted octanol–water partition coefficient (Wildman–Crippen LogP) is 8.93. The van der Waals surface area contributed by atoms with Gasteiger partial charge in [-0.15, -0.1) is 0 Å². The number of unbranched alkanes of at least 4 members (excludes halogenated alkanes) is 8. The molecule has 0 aliphatic carbocycles. The van der Waals surface area contributed by atoms with Crippen LogP contribution in [0, 0.1) is 5.92 Å². The number of rotatable bonds is 28. The third-order valence-corrected chi connectivity index (χ3v) is 7.14. The molecule has 0 fully saturated rings. The van der Waals surface area contributed by atoms with E-state index in [1.54, 1.807) is 6.08 Å². The lowest BCUT2D eigenvalue weighted by atomic mass is 10.00. The number of esters is 2. The van der Waals surface area contributed by atoms with E-state index in [1.807, 2.05) is 24.3 Å². The molecule has 0 spiro atoms. The van der Waals surface area contributed by atoms with Gasteiger partial charge in [0.25, 0.3) is 0 Å². The molecular formula is C36H60O6. The first-order chi connectivity index (χ1) is 20.4. The molecule has 6 heteroatoms. The molecule has 2 atom stereocenters. The Morgan fingerprint density at radius 2 is 1.36 bits per heavy atom. The highest BCUT2D eigenvalue weighted by Gasteiger charge is 2.15. The summed E-state index contributed by atoms with van der Waals surface area (Å²) in [5.41, 5.74) is 0. The Morgan fingerprint density at radius 1 is 0.714 bits per heavy atom. The number of ether oxygens (including phenoxy) is 2. The highest BCUT2D eigenvalue weighted by Crippen LogP contribution is 2.14. The minimum atomic E-state index is -0.816. The summed E-state index contributed by atoms with van der Waals surface area (Å²) in [7, 11) is 0. The van der Waals surface area contributed by atoms with Gasteiger partial charge in [0.2, 0.25) is 0 Å². The van der Waals surface area contributed by atoms with Gasteiger partial charge in [0, 0.05) is 19.3 Å². The average molecular weight is 589 g/mol. The zero-order chi connectivity index (χ0) is 31.1. The van der Waals surface area contributed by atoms with Gasteiger partial charge >= 0.3 is 11.9 Å². The summed E-state index contributed by atoms with van der Waals surface area (Å²) in [5, 5.41) is 9.48. The molecule has 0 radical (unpaired) electrons. The van der Waals surface area contributed by atoms with Gasteiger partial charge < -0.3 is 14.6 Å². The summed E-state index contributed by atoms with van der Waals surface area (Å²) in [6.07, 6.45) is 31.5. The maximum Gasteiger partial charge on any atom is 0.306 e. The number of carbonyl (C=O) groups is 3. The molecule has 0 bridgehead atoms. The Hall–Kier alpha value is -2.47. The van der Waals surface area contributed by atoms with Gasteiger partial charge in [0.15, 0.2) is 11.9 Å². The molecule has 0 rings (SSSR count). The lowest BCUT2D eigenvalue weighted by Gasteiger charge is -2.15. The minimum Gasteiger partial charge on any atom is -0.462 e. The van der Waals surface area contributed by atoms with Gasteiger partial charge in [0.1, 0.15) is 6.61 Å². The van der Waals surface area contributed by atoms with Crippen LogP contribution in [0.25, 0.3) is 0 Å². The molecular weight excluding hydrogens is 528 g/mol. The van der Waals surface area contributed by atoms with Crippen LogP contribution in [-0.2, 0) is 23.9 Å². The molecule has 0 aromatic rings. The summed E-state index contributed by atoms with van der Waals surface area (Å²) < 4.78 is 10.5. The van der Waals surface area contributed by atoms with E-state index < -0.39 is 12.1 Å². The van der Waals surface area contributed by atoms with Gasteiger partial charge in [0.05, 0.1) is 6.61 Å². The number of hydrogen-bond donors (Lipinski definition) is 1. The molecule has 6 nitrogen and oxygen atoms in total. The molecule has 0 aromatic heterocycles. The van der Waals surface area contributed by atoms with E-state index in [0.717, 1.165) is 63.7 Å². The third-order valence-electron chi connectivity index (χ3n) is 7.14. The first kappa shape index (κ1) is 39.5. The number of hydrogen-bond acceptors (Lipinski definition) is 6. The zero-order valence-electron chi connectivity index (χ0n) is 26.9. The number of aliphatic hydroxyl groups excluding tert-OH is 1. The monoisotopic (exact) mass is 588 g/mol. The van der Waals surface area contributed by atoms with Crippen LogP contribution in [0.15, 0.2) is 48.6 Å². The second-order valence-corrected chi connectivity index (χ2v) is 11.2. The van der Waals surface area contributed by atoms with Crippen LogP contribution >= 0.6 is 0 Å². The molecule has 1 unspecified atom stereocenters. The summed E-state index contributed by atoms with van der Waals surface area (Å²) >= 11 is 0. The standard InChI is InChI=1S/C36H60O6/c1-4-6-20-26-33(38)27-22-17-12-10-8-7-9-11-13-19-24-29-36(40)42-34(30-37)31-41-35(39)28-23-18-15-14-16-21-25-32(3)5-2/h7-8,11-13,17,22,27,32,34,37H,4-6,9-10,14-16,18-21,23-26,28-31H2,1-3H3/b8-7-,13-11-,17-12-,27-22+/t32?,34-/m0/s1. The highest BCUT2D eigenvalue weighted by molar-refractivity contribution is 5.89. The lowest BCUT2D eigenvalue weighted by molar-refractivity contribution is -0.161. The maximum atomic E-state index is 12.1. The van der Waals surface area contributed by atoms with Gasteiger partial charge in [-0.25, -0.2) is 0 Å². The van der Waals surface area contributed by atoms with Crippen LogP contribution < -0.4 is 0 Å². The van der Waals surface area contributed by atoms with Crippen molar-refractivity contribution in [3.05, 3.63) is 48.6 Å². The fourth-order valence-corrected chi connectivity index (χ4v) is 4.18. The van der Waals surface area contributed by atoms with E-state index >= 15 is 0 Å². The molecule has 1 N–H and O–H groups in total. The van der Waals surface area contributed by atoms with Crippen LogP contribution in [0.3, 0.4) is 0 Å². The van der Waals surface area contributed by atoms with Crippen molar-refractivity contribution in [3.63, 3.8) is 0 Å². The Balaban J connectivity index is 3.81. The van der Waals surface area contributed by atoms with Crippen LogP contribution in [0.4, 0.5) is 0 Å². The van der Waals surface area contributed by atoms with E-state index in [1.165, 1.54) is 32.1 Å². The van der Waals surface area contributed by atoms with E-state index in [-0.39, 0.29) is 31.4 Å². The predicted molar refractivity (Wildman–Crippen MR) is 173 cm³/mol. The van der Waals surface area contributed by atoms with Crippen LogP contribution in [0.2, 0.25) is 0 Å². The smallest absolute Gasteiger partial charge is 0.306 e. The van der Waals surface area contributed by atoms with Crippen molar-refractivity contribution in [3.8, 4) is 0 Å². The van der Waals surface area contributed by atoms with Crippen molar-refractivity contribution in [2.45, 2.75) is 142 Å². The lowest BCUT2D eigenvalue weighted by Crippen LogP contribution is -2.28. The summed E-state index contributed by atoms with van der Waals surface area (Å²) in [5.74, 6) is 0.300. The Morgan fingerprint density at radius 3 is 2.07 bits per heavy atom. The maximum absolute atomic E-state index is 12.1. The Labute approximate surface area is 256 Å². The molecule has 240 valence electrons. The largest absolute Gasteiger partial charge is 0.462 e. The summed E-state index contributed by atoms with van der Waals surface area (Å²) in [6, 6.07) is 0.